The van der Waals surface area contributed by atoms with Crippen molar-refractivity contribution in [3.05, 3.63) is 14.7 Å². The molecular weight excluding hydrogens is 452 g/mol. The number of alkyl halides is 2. The number of hydrogen-bond acceptors (Lipinski definition) is 4. The lowest BCUT2D eigenvalue weighted by molar-refractivity contribution is -0.124. The molecule has 8 heteroatoms. The third-order valence-corrected chi connectivity index (χ3v) is 7.57. The number of nitrogens with zero attached hydrogens (tertiary/aromatic N) is 1. The lowest BCUT2D eigenvalue weighted by atomic mass is 9.81. The van der Waals surface area contributed by atoms with Crippen molar-refractivity contribution >= 4 is 44.8 Å². The number of esters is 1. The fourth-order valence-electron chi connectivity index (χ4n) is 4.25. The maximum absolute atomic E-state index is 13.7. The van der Waals surface area contributed by atoms with Gasteiger partial charge >= 0.3 is 5.97 Å². The van der Waals surface area contributed by atoms with E-state index in [0.29, 0.717) is 20.3 Å². The van der Waals surface area contributed by atoms with Crippen molar-refractivity contribution in [2.45, 2.75) is 70.3 Å². The molecule has 2 saturated carbocycles. The highest BCUT2D eigenvalue weighted by Gasteiger charge is 2.41. The minimum atomic E-state index is -2.67. The van der Waals surface area contributed by atoms with Gasteiger partial charge in [0.25, 0.3) is 0 Å². The minimum absolute atomic E-state index is 0.0439. The third-order valence-electron chi connectivity index (χ3n) is 5.97. The molecule has 0 N–H and O–H groups in total. The maximum Gasteiger partial charge on any atom is 0.350 e. The Morgan fingerprint density at radius 1 is 1.18 bits per heavy atom. The molecule has 1 amide bonds. The molecule has 0 unspecified atom stereocenters. The number of carbonyl (C=O) groups excluding carboxylic acids is 2. The van der Waals surface area contributed by atoms with E-state index in [4.69, 9.17) is 4.74 Å². The number of rotatable bonds is 4. The number of ether oxygens (including phenoxy) is 1. The maximum atomic E-state index is 13.7. The molecule has 1 aromatic heterocycles. The summed E-state index contributed by atoms with van der Waals surface area (Å²) in [4.78, 5) is 27.8. The van der Waals surface area contributed by atoms with Gasteiger partial charge in [0.15, 0.2) is 0 Å². The van der Waals surface area contributed by atoms with E-state index in [1.165, 1.54) is 18.4 Å². The summed E-state index contributed by atoms with van der Waals surface area (Å²) in [6.45, 7) is 2.19. The van der Waals surface area contributed by atoms with E-state index < -0.39 is 11.9 Å². The topological polar surface area (TPSA) is 46.6 Å². The van der Waals surface area contributed by atoms with Crippen LogP contribution in [0.5, 0.6) is 0 Å². The van der Waals surface area contributed by atoms with Crippen molar-refractivity contribution in [1.82, 2.24) is 0 Å². The zero-order valence-electron chi connectivity index (χ0n) is 16.2. The number of thiophene rings is 1. The predicted molar refractivity (Wildman–Crippen MR) is 109 cm³/mol. The van der Waals surface area contributed by atoms with Crippen LogP contribution < -0.4 is 4.90 Å². The van der Waals surface area contributed by atoms with Crippen molar-refractivity contribution in [3.63, 3.8) is 0 Å². The summed E-state index contributed by atoms with van der Waals surface area (Å²) in [6.07, 6.45) is 3.58. The molecule has 0 bridgehead atoms. The molecule has 0 aromatic carbocycles. The highest BCUT2D eigenvalue weighted by molar-refractivity contribution is 9.11. The van der Waals surface area contributed by atoms with Gasteiger partial charge in [0, 0.05) is 24.8 Å². The van der Waals surface area contributed by atoms with E-state index in [2.05, 4.69) is 22.9 Å². The van der Waals surface area contributed by atoms with E-state index >= 15 is 0 Å². The Labute approximate surface area is 176 Å². The zero-order chi connectivity index (χ0) is 20.5. The van der Waals surface area contributed by atoms with Crippen LogP contribution in [0, 0.1) is 11.8 Å². The number of anilines is 1. The summed E-state index contributed by atoms with van der Waals surface area (Å²) in [6, 6.07) is 1.42. The molecule has 156 valence electrons. The fraction of sp³-hybridized carbons (Fsp3) is 0.700. The standard InChI is InChI=1S/C20H26BrF2NO3S/c1-12-3-5-13(6-4-12)18(25)24(14-7-9-20(22,23)10-8-14)15-11-16(21)28-17(15)19(26)27-2/h11-14H,3-10H2,1-2H3/t12-,13-. The molecule has 0 saturated heterocycles. The van der Waals surface area contributed by atoms with Crippen LogP contribution in [0.1, 0.15) is 68.0 Å². The first-order chi connectivity index (χ1) is 13.2. The second kappa shape index (κ2) is 8.78. The first-order valence-corrected chi connectivity index (χ1v) is 11.4. The summed E-state index contributed by atoms with van der Waals surface area (Å²) < 4.78 is 33.1. The Kier molecular flexibility index (Phi) is 6.80. The predicted octanol–water partition coefficient (Wildman–Crippen LogP) is 6.03. The Bertz CT molecular complexity index is 721. The van der Waals surface area contributed by atoms with Crippen molar-refractivity contribution in [2.75, 3.05) is 12.0 Å². The van der Waals surface area contributed by atoms with E-state index in [1.807, 2.05) is 0 Å². The van der Waals surface area contributed by atoms with Gasteiger partial charge in [-0.1, -0.05) is 6.92 Å². The van der Waals surface area contributed by atoms with Gasteiger partial charge < -0.3 is 9.64 Å². The van der Waals surface area contributed by atoms with Crippen molar-refractivity contribution in [3.8, 4) is 0 Å². The van der Waals surface area contributed by atoms with Gasteiger partial charge in [0.2, 0.25) is 11.8 Å². The number of methoxy groups -OCH3 is 1. The van der Waals surface area contributed by atoms with E-state index in [-0.39, 0.29) is 43.6 Å². The first-order valence-electron chi connectivity index (χ1n) is 9.80. The second-order valence-corrected chi connectivity index (χ2v) is 10.4. The third kappa shape index (κ3) is 4.75. The molecule has 28 heavy (non-hydrogen) atoms. The molecule has 0 aliphatic heterocycles. The van der Waals surface area contributed by atoms with Crippen LogP contribution in [0.15, 0.2) is 9.85 Å². The molecule has 2 aliphatic rings. The Balaban J connectivity index is 1.93. The minimum Gasteiger partial charge on any atom is -0.465 e. The largest absolute Gasteiger partial charge is 0.465 e. The highest BCUT2D eigenvalue weighted by Crippen LogP contribution is 2.42. The average molecular weight is 478 g/mol. The molecule has 0 spiro atoms. The quantitative estimate of drug-likeness (QED) is 0.496. The molecule has 2 fully saturated rings. The smallest absolute Gasteiger partial charge is 0.350 e. The van der Waals surface area contributed by atoms with Gasteiger partial charge in [-0.15, -0.1) is 11.3 Å². The summed E-state index contributed by atoms with van der Waals surface area (Å²) in [5, 5.41) is 0. The van der Waals surface area contributed by atoms with Crippen LogP contribution in [0.4, 0.5) is 14.5 Å². The molecular formula is C20H26BrF2NO3S. The monoisotopic (exact) mass is 477 g/mol. The SMILES string of the molecule is COC(=O)c1sc(Br)cc1N(C(=O)[C@H]1CC[C@H](C)CC1)C1CCC(F)(F)CC1. The second-order valence-electron chi connectivity index (χ2n) is 8.01. The fourth-order valence-corrected chi connectivity index (χ4v) is 5.75. The van der Waals surface area contributed by atoms with Crippen molar-refractivity contribution in [2.24, 2.45) is 11.8 Å². The zero-order valence-corrected chi connectivity index (χ0v) is 18.6. The van der Waals surface area contributed by atoms with Crippen LogP contribution in [0.3, 0.4) is 0 Å². The van der Waals surface area contributed by atoms with Crippen LogP contribution in [-0.2, 0) is 9.53 Å². The normalized spacial score (nSPS) is 25.3. The van der Waals surface area contributed by atoms with E-state index in [0.717, 1.165) is 25.7 Å². The van der Waals surface area contributed by atoms with Crippen LogP contribution in [-0.4, -0.2) is 31.0 Å². The summed E-state index contributed by atoms with van der Waals surface area (Å²) in [5.41, 5.74) is 0.488. The molecule has 2 aliphatic carbocycles. The summed E-state index contributed by atoms with van der Waals surface area (Å²) >= 11 is 4.60. The Morgan fingerprint density at radius 2 is 1.79 bits per heavy atom. The van der Waals surface area contributed by atoms with Gasteiger partial charge in [0.1, 0.15) is 4.88 Å². The number of carbonyl (C=O) groups is 2. The molecule has 0 radical (unpaired) electrons. The van der Waals surface area contributed by atoms with E-state index in [1.54, 1.807) is 11.0 Å². The Morgan fingerprint density at radius 3 is 2.36 bits per heavy atom. The number of halogens is 3. The Hall–Kier alpha value is -1.02. The van der Waals surface area contributed by atoms with Crippen molar-refractivity contribution < 1.29 is 23.1 Å². The average Bonchev–Trinajstić information content (AvgIpc) is 3.04. The molecule has 3 rings (SSSR count). The van der Waals surface area contributed by atoms with Gasteiger partial charge in [-0.3, -0.25) is 4.79 Å². The van der Waals surface area contributed by atoms with Crippen LogP contribution >= 0.6 is 27.3 Å². The van der Waals surface area contributed by atoms with Gasteiger partial charge in [-0.05, 0) is 66.4 Å². The summed E-state index contributed by atoms with van der Waals surface area (Å²) in [7, 11) is 1.30. The van der Waals surface area contributed by atoms with Gasteiger partial charge in [-0.2, -0.15) is 0 Å². The molecule has 4 nitrogen and oxygen atoms in total. The molecule has 1 heterocycles. The van der Waals surface area contributed by atoms with Gasteiger partial charge in [0.05, 0.1) is 16.6 Å². The number of hydrogen-bond donors (Lipinski definition) is 0. The van der Waals surface area contributed by atoms with E-state index in [9.17, 15) is 18.4 Å². The summed E-state index contributed by atoms with van der Waals surface area (Å²) in [5.74, 6) is -2.75. The number of amides is 1. The van der Waals surface area contributed by atoms with Crippen molar-refractivity contribution in [1.29, 1.82) is 0 Å². The highest BCUT2D eigenvalue weighted by atomic mass is 79.9. The lowest BCUT2D eigenvalue weighted by Gasteiger charge is -2.39. The molecule has 1 aromatic rings. The molecule has 0 atom stereocenters. The van der Waals surface area contributed by atoms with Crippen LogP contribution in [0.25, 0.3) is 0 Å². The van der Waals surface area contributed by atoms with Crippen LogP contribution in [0.2, 0.25) is 0 Å². The first kappa shape index (κ1) is 21.7. The van der Waals surface area contributed by atoms with Gasteiger partial charge in [-0.25, -0.2) is 13.6 Å². The lowest BCUT2D eigenvalue weighted by Crippen LogP contribution is -2.47.